The average molecular weight is 580 g/mol. The Morgan fingerprint density at radius 3 is 2.40 bits per heavy atom. The number of alkyl halides is 4. The number of carboxylic acid groups (broad SMARTS) is 1. The fourth-order valence-electron chi connectivity index (χ4n) is 5.73. The van der Waals surface area contributed by atoms with Crippen molar-refractivity contribution in [2.45, 2.75) is 49.1 Å². The van der Waals surface area contributed by atoms with E-state index in [2.05, 4.69) is 9.88 Å². The Hall–Kier alpha value is -3.09. The second kappa shape index (κ2) is 10.7. The molecule has 214 valence electrons. The molecule has 2 fully saturated rings. The number of rotatable bonds is 6. The van der Waals surface area contributed by atoms with Crippen molar-refractivity contribution in [3.05, 3.63) is 59.2 Å². The number of likely N-dealkylation sites (tertiary alicyclic amines) is 2. The molecule has 0 radical (unpaired) electrons. The third kappa shape index (κ3) is 5.84. The van der Waals surface area contributed by atoms with Gasteiger partial charge < -0.3 is 5.11 Å². The third-order valence-electron chi connectivity index (χ3n) is 7.78. The number of carboxylic acids is 1. The molecule has 3 aromatic rings. The molecule has 0 aliphatic carbocycles. The highest BCUT2D eigenvalue weighted by atomic mass is 32.2. The Bertz CT molecular complexity index is 1550. The lowest BCUT2D eigenvalue weighted by molar-refractivity contribution is -0.137. The van der Waals surface area contributed by atoms with Crippen LogP contribution in [-0.4, -0.2) is 78.9 Å². The second-order valence-corrected chi connectivity index (χ2v) is 12.6. The maximum absolute atomic E-state index is 13.7. The smallest absolute Gasteiger partial charge is 0.416 e. The molecule has 0 saturated carbocycles. The summed E-state index contributed by atoms with van der Waals surface area (Å²) in [7, 11) is -3.67. The molecule has 2 aromatic carbocycles. The predicted molar refractivity (Wildman–Crippen MR) is 142 cm³/mol. The molecule has 0 bridgehead atoms. The first-order chi connectivity index (χ1) is 18.8. The van der Waals surface area contributed by atoms with Crippen molar-refractivity contribution in [1.29, 1.82) is 0 Å². The molecule has 7 nitrogen and oxygen atoms in total. The number of aromatic carboxylic acids is 1. The van der Waals surface area contributed by atoms with Crippen LogP contribution >= 0.6 is 0 Å². The van der Waals surface area contributed by atoms with E-state index in [4.69, 9.17) is 0 Å². The minimum absolute atomic E-state index is 0.0836. The number of benzene rings is 2. The van der Waals surface area contributed by atoms with Crippen molar-refractivity contribution in [3.63, 3.8) is 0 Å². The van der Waals surface area contributed by atoms with E-state index in [1.165, 1.54) is 30.3 Å². The number of fused-ring (bicyclic) bond motifs is 1. The average Bonchev–Trinajstić information content (AvgIpc) is 3.33. The van der Waals surface area contributed by atoms with Crippen LogP contribution in [0.15, 0.2) is 47.4 Å². The summed E-state index contributed by atoms with van der Waals surface area (Å²) in [6.45, 7) is 2.37. The van der Waals surface area contributed by atoms with Crippen LogP contribution in [0.5, 0.6) is 0 Å². The zero-order valence-corrected chi connectivity index (χ0v) is 22.6. The monoisotopic (exact) mass is 579 g/mol. The molecular formula is C28H29F4N3O4S. The lowest BCUT2D eigenvalue weighted by Gasteiger charge is -2.37. The number of hydrogen-bond acceptors (Lipinski definition) is 6. The lowest BCUT2D eigenvalue weighted by Crippen LogP contribution is -2.44. The third-order valence-corrected chi connectivity index (χ3v) is 8.89. The fourth-order valence-corrected chi connectivity index (χ4v) is 6.38. The number of pyridine rings is 1. The minimum Gasteiger partial charge on any atom is -0.478 e. The summed E-state index contributed by atoms with van der Waals surface area (Å²) in [6, 6.07) is 8.73. The van der Waals surface area contributed by atoms with Gasteiger partial charge >= 0.3 is 12.1 Å². The van der Waals surface area contributed by atoms with Crippen LogP contribution < -0.4 is 0 Å². The molecule has 1 unspecified atom stereocenters. The molecule has 2 aliphatic rings. The van der Waals surface area contributed by atoms with Crippen LogP contribution in [-0.2, 0) is 22.6 Å². The molecule has 1 atom stereocenters. The van der Waals surface area contributed by atoms with Crippen molar-refractivity contribution >= 4 is 26.7 Å². The van der Waals surface area contributed by atoms with E-state index in [1.807, 2.05) is 4.90 Å². The van der Waals surface area contributed by atoms with E-state index >= 15 is 0 Å². The molecule has 2 aliphatic heterocycles. The van der Waals surface area contributed by atoms with Gasteiger partial charge in [-0.1, -0.05) is 12.1 Å². The molecule has 1 N–H and O–H groups in total. The molecule has 2 saturated heterocycles. The number of aromatic nitrogens is 1. The summed E-state index contributed by atoms with van der Waals surface area (Å²) in [5.74, 6) is -1.33. The van der Waals surface area contributed by atoms with Gasteiger partial charge in [0.2, 0.25) is 0 Å². The van der Waals surface area contributed by atoms with Gasteiger partial charge in [0, 0.05) is 48.4 Å². The normalized spacial score (nSPS) is 19.9. The van der Waals surface area contributed by atoms with E-state index < -0.39 is 33.7 Å². The summed E-state index contributed by atoms with van der Waals surface area (Å²) in [6.07, 6.45) is -2.42. The number of piperidine rings is 1. The molecule has 12 heteroatoms. The van der Waals surface area contributed by atoms with Crippen molar-refractivity contribution in [2.24, 2.45) is 0 Å². The van der Waals surface area contributed by atoms with Gasteiger partial charge in [-0.3, -0.25) is 9.80 Å². The molecular weight excluding hydrogens is 550 g/mol. The highest BCUT2D eigenvalue weighted by Crippen LogP contribution is 2.36. The first-order valence-electron chi connectivity index (χ1n) is 13.0. The van der Waals surface area contributed by atoms with E-state index in [1.54, 1.807) is 0 Å². The lowest BCUT2D eigenvalue weighted by atomic mass is 9.94. The Morgan fingerprint density at radius 2 is 1.80 bits per heavy atom. The van der Waals surface area contributed by atoms with Crippen LogP contribution in [0.2, 0.25) is 0 Å². The standard InChI is InChI=1S/C28H29F4N3O4S/c1-40(38,39)21-5-6-24-22(14-21)25(27(36)37)23(26(33-24)17-3-2-4-18(13-17)28(30,31)32)16-34-10-8-20(9-11-34)35-12-7-19(29)15-35/h2-6,13-14,19-20H,7-12,15-16H2,1H3,(H,36,37). The highest BCUT2D eigenvalue weighted by molar-refractivity contribution is 7.90. The second-order valence-electron chi connectivity index (χ2n) is 10.5. The number of carbonyl (C=O) groups is 1. The summed E-state index contributed by atoms with van der Waals surface area (Å²) in [4.78, 5) is 21.3. The van der Waals surface area contributed by atoms with Gasteiger partial charge in [-0.2, -0.15) is 13.2 Å². The number of hydrogen-bond donors (Lipinski definition) is 1. The maximum Gasteiger partial charge on any atom is 0.416 e. The highest BCUT2D eigenvalue weighted by Gasteiger charge is 2.33. The number of sulfone groups is 1. The van der Waals surface area contributed by atoms with Crippen LogP contribution in [0.3, 0.4) is 0 Å². The SMILES string of the molecule is CS(=O)(=O)c1ccc2nc(-c3cccc(C(F)(F)F)c3)c(CN3CCC(N4CCC(F)C4)CC3)c(C(=O)O)c2c1. The van der Waals surface area contributed by atoms with Gasteiger partial charge in [0.05, 0.1) is 27.2 Å². The Morgan fingerprint density at radius 1 is 1.07 bits per heavy atom. The molecule has 0 amide bonds. The van der Waals surface area contributed by atoms with E-state index in [9.17, 15) is 35.9 Å². The predicted octanol–water partition coefficient (Wildman–Crippen LogP) is 5.03. The van der Waals surface area contributed by atoms with Gasteiger partial charge in [-0.15, -0.1) is 0 Å². The topological polar surface area (TPSA) is 90.8 Å². The van der Waals surface area contributed by atoms with Crippen molar-refractivity contribution in [2.75, 3.05) is 32.4 Å². The number of halogens is 4. The zero-order chi connectivity index (χ0) is 28.8. The summed E-state index contributed by atoms with van der Waals surface area (Å²) in [5.41, 5.74) is -0.486. The van der Waals surface area contributed by atoms with Crippen molar-refractivity contribution in [1.82, 2.24) is 14.8 Å². The molecule has 40 heavy (non-hydrogen) atoms. The fraction of sp³-hybridized carbons (Fsp3) is 0.429. The molecule has 5 rings (SSSR count). The van der Waals surface area contributed by atoms with Gasteiger partial charge in [-0.05, 0) is 62.7 Å². The molecule has 1 aromatic heterocycles. The van der Waals surface area contributed by atoms with Crippen LogP contribution in [0, 0.1) is 0 Å². The van der Waals surface area contributed by atoms with E-state index in [0.29, 0.717) is 32.6 Å². The van der Waals surface area contributed by atoms with Crippen LogP contribution in [0.25, 0.3) is 22.2 Å². The van der Waals surface area contributed by atoms with Gasteiger partial charge in [-0.25, -0.2) is 22.6 Å². The Kier molecular flexibility index (Phi) is 7.62. The van der Waals surface area contributed by atoms with E-state index in [0.717, 1.165) is 31.2 Å². The van der Waals surface area contributed by atoms with Gasteiger partial charge in [0.1, 0.15) is 6.17 Å². The first-order valence-corrected chi connectivity index (χ1v) is 14.9. The summed E-state index contributed by atoms with van der Waals surface area (Å²) < 4.78 is 78.9. The Balaban J connectivity index is 1.60. The number of nitrogens with zero attached hydrogens (tertiary/aromatic N) is 3. The molecule has 3 heterocycles. The summed E-state index contributed by atoms with van der Waals surface area (Å²) in [5, 5.41) is 10.4. The van der Waals surface area contributed by atoms with Crippen LogP contribution in [0.1, 0.15) is 40.7 Å². The van der Waals surface area contributed by atoms with Gasteiger partial charge in [0.25, 0.3) is 0 Å². The quantitative estimate of drug-likeness (QED) is 0.410. The first kappa shape index (κ1) is 28.4. The zero-order valence-electron chi connectivity index (χ0n) is 21.8. The summed E-state index contributed by atoms with van der Waals surface area (Å²) >= 11 is 0. The van der Waals surface area contributed by atoms with Crippen molar-refractivity contribution in [3.8, 4) is 11.3 Å². The largest absolute Gasteiger partial charge is 0.478 e. The van der Waals surface area contributed by atoms with Crippen molar-refractivity contribution < 1.29 is 35.9 Å². The maximum atomic E-state index is 13.7. The van der Waals surface area contributed by atoms with Crippen LogP contribution in [0.4, 0.5) is 17.6 Å². The molecule has 0 spiro atoms. The minimum atomic E-state index is -4.61. The van der Waals surface area contributed by atoms with Gasteiger partial charge in [0.15, 0.2) is 9.84 Å². The van der Waals surface area contributed by atoms with E-state index in [-0.39, 0.29) is 50.8 Å². The Labute approximate surface area is 229 Å².